The number of halogens is 1. The predicted octanol–water partition coefficient (Wildman–Crippen LogP) is 17.2. The van der Waals surface area contributed by atoms with Crippen molar-refractivity contribution >= 4 is 38.8 Å². The number of hydrogen-bond acceptors (Lipinski definition) is 4. The van der Waals surface area contributed by atoms with E-state index in [1.807, 2.05) is 4.90 Å². The summed E-state index contributed by atoms with van der Waals surface area (Å²) in [7, 11) is 4.20. The molecule has 1 radical (unpaired) electrons. The van der Waals surface area contributed by atoms with Crippen LogP contribution in [-0.2, 0) is 37.0 Å². The van der Waals surface area contributed by atoms with Gasteiger partial charge in [0.05, 0.1) is 34.7 Å². The first-order valence-electron chi connectivity index (χ1n) is 24.6. The Morgan fingerprint density at radius 2 is 0.731 bits per heavy atom. The summed E-state index contributed by atoms with van der Waals surface area (Å²) >= 11 is 3.66. The topological polar surface area (TPSA) is 30.0 Å². The number of rotatable bonds is 12. The van der Waals surface area contributed by atoms with E-state index in [-0.39, 0.29) is 23.0 Å². The molecule has 2 heterocycles. The van der Waals surface area contributed by atoms with Crippen LogP contribution >= 0.6 is 10.1 Å². The normalized spacial score (nSPS) is 15.0. The monoisotopic (exact) mass is 1020 g/mol. The molecule has 8 heteroatoms. The number of hydrogen-bond donors (Lipinski definition) is 0. The van der Waals surface area contributed by atoms with E-state index in [0.29, 0.717) is 53.9 Å². The average molecular weight is 1030 g/mol. The van der Waals surface area contributed by atoms with Crippen molar-refractivity contribution in [3.05, 3.63) is 142 Å². The summed E-state index contributed by atoms with van der Waals surface area (Å²) in [5.74, 6) is 3.47. The first-order valence-corrected chi connectivity index (χ1v) is 25.9. The molecular formula is C59H83ClCu2N4O+. The minimum atomic E-state index is -0.509. The van der Waals surface area contributed by atoms with E-state index in [2.05, 4.69) is 264 Å². The molecule has 0 atom stereocenters. The molecule has 4 aromatic rings. The molecule has 5 nitrogen and oxygen atoms in total. The van der Waals surface area contributed by atoms with E-state index < -0.39 is 5.41 Å². The molecule has 1 amide bonds. The zero-order valence-corrected chi connectivity index (χ0v) is 46.9. The van der Waals surface area contributed by atoms with Crippen LogP contribution in [-0.4, -0.2) is 19.0 Å². The van der Waals surface area contributed by atoms with Crippen molar-refractivity contribution in [1.82, 2.24) is 0 Å². The van der Waals surface area contributed by atoms with Gasteiger partial charge in [-0.1, -0.05) is 197 Å². The molecule has 4 aromatic carbocycles. The Hall–Kier alpha value is -3.44. The summed E-state index contributed by atoms with van der Waals surface area (Å²) in [6.45, 7) is 48.4. The molecule has 2 aliphatic rings. The minimum Gasteiger partial charge on any atom is 0 e. The molecule has 0 unspecified atom stereocenters. The third-order valence-electron chi connectivity index (χ3n) is 13.2. The Bertz CT molecular complexity index is 2170. The maximum Gasteiger partial charge on any atom is 0 e. The molecule has 0 N–H and O–H groups in total. The summed E-state index contributed by atoms with van der Waals surface area (Å²) < 4.78 is 0. The van der Waals surface area contributed by atoms with Crippen molar-refractivity contribution in [3.8, 4) is 0 Å². The third kappa shape index (κ3) is 13.1. The summed E-state index contributed by atoms with van der Waals surface area (Å²) in [4.78, 5) is 23.0. The van der Waals surface area contributed by atoms with Crippen molar-refractivity contribution in [2.24, 2.45) is 5.41 Å². The molecule has 0 bridgehead atoms. The SMILES string of the molecule is CC(C)c1cccc(C(C)C)c1N1[CH+]N(c2c(C(C)C)cccc2C(C)C)C(=O)C(C)(C)C1.CC1=[C-]CN(c2c(C(C)C)cccc2C(C)C)[CH+]N1c1c(C(C)C)cccc1C(C)C.[Cl][Cu].[Cu]. The van der Waals surface area contributed by atoms with Crippen LogP contribution in [0.1, 0.15) is 223 Å². The summed E-state index contributed by atoms with van der Waals surface area (Å²) in [6, 6.07) is 26.7. The summed E-state index contributed by atoms with van der Waals surface area (Å²) in [5.41, 5.74) is 16.4. The fourth-order valence-corrected chi connectivity index (χ4v) is 9.53. The van der Waals surface area contributed by atoms with Gasteiger partial charge in [-0.3, -0.25) is 4.79 Å². The zero-order valence-electron chi connectivity index (χ0n) is 44.3. The summed E-state index contributed by atoms with van der Waals surface area (Å²) in [5, 5.41) is 0. The fraction of sp³-hybridized carbons (Fsp3) is 0.508. The molecule has 1 saturated heterocycles. The van der Waals surface area contributed by atoms with E-state index in [4.69, 9.17) is 0 Å². The summed E-state index contributed by atoms with van der Waals surface area (Å²) in [6.07, 6.45) is 3.68. The van der Waals surface area contributed by atoms with Gasteiger partial charge >= 0.3 is 31.9 Å². The molecule has 6 rings (SSSR count). The Balaban J connectivity index is 0.000000338. The molecule has 0 saturated carbocycles. The van der Waals surface area contributed by atoms with Crippen LogP contribution in [0.15, 0.2) is 78.5 Å². The molecule has 1 fully saturated rings. The van der Waals surface area contributed by atoms with E-state index in [9.17, 15) is 4.79 Å². The molecule has 373 valence electrons. The molecule has 0 aliphatic carbocycles. The van der Waals surface area contributed by atoms with Gasteiger partial charge in [-0.2, -0.15) is 9.80 Å². The van der Waals surface area contributed by atoms with Gasteiger partial charge in [0.25, 0.3) is 12.6 Å². The van der Waals surface area contributed by atoms with Gasteiger partial charge in [0.2, 0.25) is 0 Å². The Morgan fingerprint density at radius 1 is 0.478 bits per heavy atom. The van der Waals surface area contributed by atoms with Crippen LogP contribution < -0.4 is 19.6 Å². The van der Waals surface area contributed by atoms with Crippen LogP contribution in [0.25, 0.3) is 0 Å². The zero-order chi connectivity index (χ0) is 49.5. The quantitative estimate of drug-likeness (QED) is 0.104. The molecule has 67 heavy (non-hydrogen) atoms. The van der Waals surface area contributed by atoms with Crippen molar-refractivity contribution in [2.45, 2.75) is 179 Å². The average Bonchev–Trinajstić information content (AvgIpc) is 3.27. The van der Waals surface area contributed by atoms with E-state index >= 15 is 0 Å². The van der Waals surface area contributed by atoms with Gasteiger partial charge in [-0.05, 0) is 106 Å². The number of carbonyl (C=O) groups is 1. The third-order valence-corrected chi connectivity index (χ3v) is 13.2. The number of para-hydroxylation sites is 4. The number of nitrogens with zero attached hydrogens (tertiary/aromatic N) is 4. The van der Waals surface area contributed by atoms with Crippen molar-refractivity contribution < 1.29 is 37.0 Å². The van der Waals surface area contributed by atoms with E-state index in [0.717, 1.165) is 12.2 Å². The second-order valence-electron chi connectivity index (χ2n) is 21.6. The number of anilines is 4. The first kappa shape index (κ1) is 57.9. The Labute approximate surface area is 432 Å². The van der Waals surface area contributed by atoms with E-state index in [1.54, 1.807) is 0 Å². The van der Waals surface area contributed by atoms with Crippen LogP contribution in [0.5, 0.6) is 0 Å². The van der Waals surface area contributed by atoms with Gasteiger partial charge < -0.3 is 6.08 Å². The Morgan fingerprint density at radius 3 is 1.03 bits per heavy atom. The molecular weight excluding hydrogens is 943 g/mol. The molecule has 0 aromatic heterocycles. The van der Waals surface area contributed by atoms with Crippen LogP contribution in [0.4, 0.5) is 22.7 Å². The number of amides is 1. The molecule has 0 spiro atoms. The maximum absolute atomic E-state index is 13.9. The second kappa shape index (κ2) is 24.9. The van der Waals surface area contributed by atoms with Gasteiger partial charge in [0.1, 0.15) is 0 Å². The fourth-order valence-electron chi connectivity index (χ4n) is 9.53. The van der Waals surface area contributed by atoms with E-state index in [1.165, 1.54) is 67.3 Å². The van der Waals surface area contributed by atoms with Gasteiger partial charge in [0.15, 0.2) is 0 Å². The number of benzene rings is 4. The van der Waals surface area contributed by atoms with Gasteiger partial charge in [-0.25, -0.2) is 4.90 Å². The predicted molar refractivity (Wildman–Crippen MR) is 284 cm³/mol. The number of allylic oxidation sites excluding steroid dienone is 1. The standard InChI is InChI=1S/C30H43N2O.C29H40N2.ClH.2Cu/c1-19(2)23-13-11-14-24(20(3)4)27(23)31-17-30(9,10)29(33)32(18-31)28-25(21(5)6)15-12-16-26(28)22(7)8;1-19(2)24-12-10-13-25(20(3)4)28(24)30-17-16-23(9)31(18-30)29-26(21(5)6)14-11-15-27(29)22(7)8;;;/h11-16,18-22H,17H2,1-10H3;10-15,18-22H,17H2,1-9H3;1H;;/q+1;;;;+1/p-1. The van der Waals surface area contributed by atoms with Gasteiger partial charge in [-0.15, -0.1) is 10.6 Å². The van der Waals surface area contributed by atoms with Crippen molar-refractivity contribution in [1.29, 1.82) is 0 Å². The van der Waals surface area contributed by atoms with Crippen LogP contribution in [0, 0.1) is 24.8 Å². The van der Waals surface area contributed by atoms with Crippen molar-refractivity contribution in [2.75, 3.05) is 32.7 Å². The first-order chi connectivity index (χ1) is 31.0. The van der Waals surface area contributed by atoms with Crippen LogP contribution in [0.3, 0.4) is 0 Å². The second-order valence-corrected chi connectivity index (χ2v) is 21.6. The largest absolute Gasteiger partial charge is 0 e. The van der Waals surface area contributed by atoms with Crippen LogP contribution in [0.2, 0.25) is 0 Å². The Kier molecular flexibility index (Phi) is 21.5. The number of carbonyl (C=O) groups excluding carboxylic acids is 1. The minimum absolute atomic E-state index is 0. The smallest absolute Gasteiger partial charge is 0 e. The van der Waals surface area contributed by atoms with Crippen molar-refractivity contribution in [3.63, 3.8) is 0 Å². The van der Waals surface area contributed by atoms with Gasteiger partial charge in [0, 0.05) is 17.1 Å². The maximum atomic E-state index is 13.9. The molecule has 2 aliphatic heterocycles.